The Morgan fingerprint density at radius 2 is 1.88 bits per heavy atom. The zero-order valence-corrected chi connectivity index (χ0v) is 10.6. The molecule has 8 heteroatoms. The lowest BCUT2D eigenvalue weighted by Gasteiger charge is -2.15. The van der Waals surface area contributed by atoms with Gasteiger partial charge in [-0.05, 0) is 12.8 Å². The summed E-state index contributed by atoms with van der Waals surface area (Å²) < 4.78 is 44.4. The molecule has 0 aromatic carbocycles. The summed E-state index contributed by atoms with van der Waals surface area (Å²) in [5.74, 6) is -0.267. The van der Waals surface area contributed by atoms with Crippen LogP contribution in [0.3, 0.4) is 0 Å². The van der Waals surface area contributed by atoms with Gasteiger partial charge in [-0.25, -0.2) is 16.8 Å². The van der Waals surface area contributed by atoms with Crippen molar-refractivity contribution in [1.29, 1.82) is 0 Å². The van der Waals surface area contributed by atoms with Crippen LogP contribution in [0, 0.1) is 0 Å². The van der Waals surface area contributed by atoms with E-state index < -0.39 is 30.3 Å². The first-order chi connectivity index (χ1) is 7.40. The zero-order valence-electron chi connectivity index (χ0n) is 8.92. The molecule has 0 bridgehead atoms. The van der Waals surface area contributed by atoms with E-state index in [0.29, 0.717) is 12.8 Å². The highest BCUT2D eigenvalue weighted by Gasteiger charge is 2.54. The summed E-state index contributed by atoms with van der Waals surface area (Å²) in [6, 6.07) is 0. The van der Waals surface area contributed by atoms with E-state index in [-0.39, 0.29) is 18.6 Å². The van der Waals surface area contributed by atoms with Crippen LogP contribution in [-0.4, -0.2) is 37.2 Å². The van der Waals surface area contributed by atoms with Crippen molar-refractivity contribution in [1.82, 2.24) is 0 Å². The second-order valence-electron chi connectivity index (χ2n) is 3.80. The maximum absolute atomic E-state index is 11.7. The second kappa shape index (κ2) is 4.65. The Labute approximate surface area is 96.2 Å². The number of thiol groups is 1. The Balaban J connectivity index is 3.39. The van der Waals surface area contributed by atoms with Crippen LogP contribution in [0.5, 0.6) is 0 Å². The molecule has 0 amide bonds. The summed E-state index contributed by atoms with van der Waals surface area (Å²) >= 11 is 0. The Kier molecular flexibility index (Phi) is 3.88. The van der Waals surface area contributed by atoms with E-state index in [4.69, 9.17) is 5.53 Å². The Hall–Kier alpha value is -0.720. The summed E-state index contributed by atoms with van der Waals surface area (Å²) in [6.45, 7) is 1.39. The summed E-state index contributed by atoms with van der Waals surface area (Å²) in [6.07, 6.45) is 1.68. The third-order valence-electron chi connectivity index (χ3n) is 2.94. The number of rotatable bonds is 3. The third kappa shape index (κ3) is 2.05. The molecule has 1 rings (SSSR count). The molecule has 1 fully saturated rings. The topological polar surface area (TPSA) is 105 Å². The molecule has 1 aliphatic rings. The summed E-state index contributed by atoms with van der Waals surface area (Å²) in [5, 5.41) is -0.587. The average Bonchev–Trinajstić information content (AvgIpc) is 2.69. The van der Waals surface area contributed by atoms with Crippen LogP contribution >= 0.6 is 0 Å². The lowest BCUT2D eigenvalue weighted by molar-refractivity contribution is -0.00599. The largest absolute Gasteiger partial charge is 0.402 e. The highest BCUT2D eigenvalue weighted by molar-refractivity contribution is 8.07. The van der Waals surface area contributed by atoms with Crippen molar-refractivity contribution >= 4 is 25.6 Å². The van der Waals surface area contributed by atoms with Crippen molar-refractivity contribution in [2.24, 2.45) is 0 Å². The molecule has 0 aromatic rings. The first-order valence-corrected chi connectivity index (χ1v) is 7.83. The van der Waals surface area contributed by atoms with Gasteiger partial charge < -0.3 is 5.53 Å². The zero-order chi connectivity index (χ0) is 12.4. The van der Waals surface area contributed by atoms with E-state index in [9.17, 15) is 16.8 Å². The minimum atomic E-state index is -3.78. The van der Waals surface area contributed by atoms with E-state index in [1.165, 1.54) is 6.92 Å². The average molecular weight is 266 g/mol. The van der Waals surface area contributed by atoms with E-state index in [0.717, 1.165) is 0 Å². The molecule has 16 heavy (non-hydrogen) atoms. The first kappa shape index (κ1) is 13.3. The van der Waals surface area contributed by atoms with Gasteiger partial charge in [-0.2, -0.15) is 4.79 Å². The lowest BCUT2D eigenvalue weighted by atomic mass is 10.1. The molecule has 0 spiro atoms. The number of nitrogens with zero attached hydrogens (tertiary/aromatic N) is 2. The van der Waals surface area contributed by atoms with Gasteiger partial charge in [0.1, 0.15) is 0 Å². The number of sulfone groups is 1. The standard InChI is InChI=1S/C8H14N2O4S2/c1-2-16(13,14)7(10-9)8(15(11)12)5-3-4-6-8/h15H,2-6H2,1H3. The summed E-state index contributed by atoms with van der Waals surface area (Å²) in [4.78, 5) is 2.75. The van der Waals surface area contributed by atoms with Gasteiger partial charge in [0, 0.05) is 0 Å². The van der Waals surface area contributed by atoms with Crippen LogP contribution < -0.4 is 0 Å². The molecule has 0 unspecified atom stereocenters. The fourth-order valence-corrected chi connectivity index (χ4v) is 4.72. The van der Waals surface area contributed by atoms with Gasteiger partial charge in [0.05, 0.1) is 5.75 Å². The van der Waals surface area contributed by atoms with Gasteiger partial charge in [0.15, 0.2) is 15.5 Å². The Bertz CT molecular complexity index is 486. The highest BCUT2D eigenvalue weighted by Crippen LogP contribution is 2.35. The van der Waals surface area contributed by atoms with Crippen molar-refractivity contribution in [3.63, 3.8) is 0 Å². The fraction of sp³-hybridized carbons (Fsp3) is 0.875. The molecule has 1 aliphatic carbocycles. The van der Waals surface area contributed by atoms with Gasteiger partial charge in [-0.1, -0.05) is 19.8 Å². The van der Waals surface area contributed by atoms with Crippen LogP contribution in [0.25, 0.3) is 5.53 Å². The van der Waals surface area contributed by atoms with Gasteiger partial charge in [0.2, 0.25) is 0 Å². The molecular weight excluding hydrogens is 252 g/mol. The molecule has 0 radical (unpaired) electrons. The fourth-order valence-electron chi connectivity index (χ4n) is 2.02. The third-order valence-corrected chi connectivity index (χ3v) is 6.27. The predicted molar refractivity (Wildman–Crippen MR) is 59.6 cm³/mol. The van der Waals surface area contributed by atoms with Crippen molar-refractivity contribution in [2.75, 3.05) is 5.75 Å². The molecule has 0 aromatic heterocycles. The molecule has 0 N–H and O–H groups in total. The van der Waals surface area contributed by atoms with Gasteiger partial charge in [-0.3, -0.25) is 0 Å². The van der Waals surface area contributed by atoms with E-state index in [2.05, 4.69) is 4.79 Å². The van der Waals surface area contributed by atoms with Gasteiger partial charge >= 0.3 is 5.04 Å². The van der Waals surface area contributed by atoms with Crippen molar-refractivity contribution in [3.05, 3.63) is 5.53 Å². The van der Waals surface area contributed by atoms with Gasteiger partial charge in [0.25, 0.3) is 9.84 Å². The first-order valence-electron chi connectivity index (χ1n) is 5.00. The van der Waals surface area contributed by atoms with Crippen LogP contribution in [0.2, 0.25) is 0 Å². The highest BCUT2D eigenvalue weighted by atomic mass is 32.2. The van der Waals surface area contributed by atoms with Crippen molar-refractivity contribution in [2.45, 2.75) is 37.4 Å². The van der Waals surface area contributed by atoms with Crippen LogP contribution in [0.4, 0.5) is 0 Å². The Morgan fingerprint density at radius 1 is 1.38 bits per heavy atom. The molecule has 0 saturated heterocycles. The predicted octanol–water partition coefficient (Wildman–Crippen LogP) is -0.0264. The van der Waals surface area contributed by atoms with Gasteiger partial charge in [-0.15, -0.1) is 0 Å². The molecule has 0 atom stereocenters. The van der Waals surface area contributed by atoms with Crippen LogP contribution in [-0.2, 0) is 20.5 Å². The molecule has 0 heterocycles. The molecular formula is C8H14N2O4S2. The normalized spacial score (nSPS) is 19.6. The quantitative estimate of drug-likeness (QED) is 0.255. The molecule has 0 aliphatic heterocycles. The van der Waals surface area contributed by atoms with E-state index in [1.54, 1.807) is 0 Å². The minimum Gasteiger partial charge on any atom is -0.360 e. The second-order valence-corrected chi connectivity index (χ2v) is 7.37. The van der Waals surface area contributed by atoms with Crippen LogP contribution in [0.15, 0.2) is 0 Å². The summed E-state index contributed by atoms with van der Waals surface area (Å²) in [5.41, 5.74) is 8.81. The number of hydrogen-bond donors (Lipinski definition) is 1. The molecule has 1 saturated carbocycles. The van der Waals surface area contributed by atoms with E-state index in [1.807, 2.05) is 0 Å². The SMILES string of the molecule is CCS(=O)(=O)C(=[N+]=[N-])C1([SH](=O)=O)CCCC1. The monoisotopic (exact) mass is 266 g/mol. The maximum Gasteiger partial charge on any atom is 0.402 e. The molecule has 6 nitrogen and oxygen atoms in total. The number of hydrogen-bond acceptors (Lipinski definition) is 4. The smallest absolute Gasteiger partial charge is 0.360 e. The van der Waals surface area contributed by atoms with Crippen molar-refractivity contribution in [3.8, 4) is 0 Å². The summed E-state index contributed by atoms with van der Waals surface area (Å²) in [7, 11) is -6.75. The van der Waals surface area contributed by atoms with Crippen molar-refractivity contribution < 1.29 is 21.6 Å². The minimum absolute atomic E-state index is 0.213. The van der Waals surface area contributed by atoms with E-state index >= 15 is 0 Å². The lowest BCUT2D eigenvalue weighted by Crippen LogP contribution is -2.43. The van der Waals surface area contributed by atoms with Crippen LogP contribution in [0.1, 0.15) is 32.6 Å². The maximum atomic E-state index is 11.7. The Morgan fingerprint density at radius 3 is 2.19 bits per heavy atom. The molecule has 92 valence electrons.